The molecule has 0 atom stereocenters. The minimum atomic E-state index is -0.497. The van der Waals surface area contributed by atoms with E-state index in [9.17, 15) is 9.18 Å². The second kappa shape index (κ2) is 6.80. The van der Waals surface area contributed by atoms with Crippen molar-refractivity contribution in [2.45, 2.75) is 25.7 Å². The maximum absolute atomic E-state index is 14.1. The highest BCUT2D eigenvalue weighted by atomic mass is 19.1. The number of amides is 1. The normalized spacial score (nSPS) is 15.3. The fourth-order valence-corrected chi connectivity index (χ4v) is 3.23. The zero-order valence-electron chi connectivity index (χ0n) is 14.4. The number of pyridine rings is 1. The van der Waals surface area contributed by atoms with Crippen LogP contribution in [0.3, 0.4) is 0 Å². The van der Waals surface area contributed by atoms with E-state index in [0.29, 0.717) is 17.3 Å². The van der Waals surface area contributed by atoms with E-state index in [2.05, 4.69) is 25.6 Å². The molecule has 0 unspecified atom stereocenters. The molecule has 1 amide bonds. The molecule has 0 spiro atoms. The standard InChI is InChI=1S/C18H19FN6O/c1-11-9-25-10-13(6-14(19)17(25)23-11)24-18(26)16-8-21-15(7-22-16)12-2-4-20-5-3-12/h6-10,12,20H,2-5H2,1H3,(H,24,26). The summed E-state index contributed by atoms with van der Waals surface area (Å²) in [6.07, 6.45) is 8.49. The molecule has 8 heteroatoms. The number of fused-ring (bicyclic) bond motifs is 1. The Bertz CT molecular complexity index is 946. The van der Waals surface area contributed by atoms with Gasteiger partial charge in [0.15, 0.2) is 11.5 Å². The number of aromatic nitrogens is 4. The molecule has 1 saturated heterocycles. The van der Waals surface area contributed by atoms with Gasteiger partial charge in [-0.3, -0.25) is 9.78 Å². The van der Waals surface area contributed by atoms with Gasteiger partial charge in [-0.2, -0.15) is 0 Å². The van der Waals surface area contributed by atoms with E-state index in [4.69, 9.17) is 0 Å². The third-order valence-corrected chi connectivity index (χ3v) is 4.55. The molecule has 7 nitrogen and oxygen atoms in total. The molecule has 0 bridgehead atoms. The lowest BCUT2D eigenvalue weighted by molar-refractivity contribution is 0.102. The van der Waals surface area contributed by atoms with Crippen molar-refractivity contribution in [2.24, 2.45) is 0 Å². The van der Waals surface area contributed by atoms with Gasteiger partial charge in [0, 0.05) is 30.6 Å². The molecule has 0 aromatic carbocycles. The van der Waals surface area contributed by atoms with Crippen LogP contribution in [0.5, 0.6) is 0 Å². The Morgan fingerprint density at radius 2 is 2.08 bits per heavy atom. The number of piperidine rings is 1. The van der Waals surface area contributed by atoms with Gasteiger partial charge in [0.2, 0.25) is 0 Å². The third kappa shape index (κ3) is 3.28. The Labute approximate surface area is 149 Å². The summed E-state index contributed by atoms with van der Waals surface area (Å²) in [6.45, 7) is 3.72. The maximum atomic E-state index is 14.1. The lowest BCUT2D eigenvalue weighted by atomic mass is 9.95. The molecule has 4 heterocycles. The summed E-state index contributed by atoms with van der Waals surface area (Å²) in [5.41, 5.74) is 2.37. The fraction of sp³-hybridized carbons (Fsp3) is 0.333. The summed E-state index contributed by atoms with van der Waals surface area (Å²) in [6, 6.07) is 1.25. The third-order valence-electron chi connectivity index (χ3n) is 4.55. The topological polar surface area (TPSA) is 84.2 Å². The van der Waals surface area contributed by atoms with Gasteiger partial charge in [-0.05, 0) is 32.9 Å². The molecular weight excluding hydrogens is 335 g/mol. The van der Waals surface area contributed by atoms with Crippen LogP contribution in [-0.2, 0) is 0 Å². The lowest BCUT2D eigenvalue weighted by Crippen LogP contribution is -2.27. The Kier molecular flexibility index (Phi) is 4.34. The van der Waals surface area contributed by atoms with E-state index in [1.54, 1.807) is 29.9 Å². The fourth-order valence-electron chi connectivity index (χ4n) is 3.23. The SMILES string of the molecule is Cc1cn2cc(NC(=O)c3cnc(C4CCNCC4)cn3)cc(F)c2n1. The number of rotatable bonds is 3. The van der Waals surface area contributed by atoms with Gasteiger partial charge in [-0.25, -0.2) is 14.4 Å². The Balaban J connectivity index is 1.51. The van der Waals surface area contributed by atoms with E-state index in [1.165, 1.54) is 12.3 Å². The first-order chi connectivity index (χ1) is 12.6. The second-order valence-electron chi connectivity index (χ2n) is 6.49. The summed E-state index contributed by atoms with van der Waals surface area (Å²) in [7, 11) is 0. The average Bonchev–Trinajstić information content (AvgIpc) is 3.03. The highest BCUT2D eigenvalue weighted by Gasteiger charge is 2.18. The van der Waals surface area contributed by atoms with Gasteiger partial charge in [-0.15, -0.1) is 0 Å². The number of nitrogens with one attached hydrogen (secondary N) is 2. The first-order valence-corrected chi connectivity index (χ1v) is 8.59. The van der Waals surface area contributed by atoms with Gasteiger partial charge in [0.25, 0.3) is 5.91 Å². The summed E-state index contributed by atoms with van der Waals surface area (Å²) < 4.78 is 15.7. The minimum absolute atomic E-state index is 0.199. The van der Waals surface area contributed by atoms with Crippen molar-refractivity contribution in [1.82, 2.24) is 24.7 Å². The number of hydrogen-bond donors (Lipinski definition) is 2. The van der Waals surface area contributed by atoms with Crippen LogP contribution in [0.25, 0.3) is 5.65 Å². The smallest absolute Gasteiger partial charge is 0.275 e. The molecule has 4 rings (SSSR count). The molecule has 134 valence electrons. The molecule has 3 aromatic rings. The Hall–Kier alpha value is -2.87. The summed E-state index contributed by atoms with van der Waals surface area (Å²) in [5.74, 6) is -0.546. The van der Waals surface area contributed by atoms with E-state index >= 15 is 0 Å². The first-order valence-electron chi connectivity index (χ1n) is 8.59. The Morgan fingerprint density at radius 1 is 1.27 bits per heavy atom. The molecule has 0 aliphatic carbocycles. The van der Waals surface area contributed by atoms with Crippen LogP contribution in [0.1, 0.15) is 40.6 Å². The summed E-state index contributed by atoms with van der Waals surface area (Å²) in [4.78, 5) is 25.1. The molecule has 0 saturated carbocycles. The molecule has 1 fully saturated rings. The van der Waals surface area contributed by atoms with E-state index in [-0.39, 0.29) is 11.3 Å². The van der Waals surface area contributed by atoms with Gasteiger partial charge in [0.1, 0.15) is 5.69 Å². The van der Waals surface area contributed by atoms with Gasteiger partial charge >= 0.3 is 0 Å². The highest BCUT2D eigenvalue weighted by Crippen LogP contribution is 2.22. The van der Waals surface area contributed by atoms with Crippen LogP contribution in [0.2, 0.25) is 0 Å². The number of halogens is 1. The number of carbonyl (C=O) groups excluding carboxylic acids is 1. The zero-order chi connectivity index (χ0) is 18.1. The number of hydrogen-bond acceptors (Lipinski definition) is 5. The minimum Gasteiger partial charge on any atom is -0.319 e. The second-order valence-corrected chi connectivity index (χ2v) is 6.49. The number of imidazole rings is 1. The molecule has 3 aromatic heterocycles. The van der Waals surface area contributed by atoms with Crippen molar-refractivity contribution in [1.29, 1.82) is 0 Å². The molecular formula is C18H19FN6O. The molecule has 0 radical (unpaired) electrons. The van der Waals surface area contributed by atoms with E-state index < -0.39 is 11.7 Å². The van der Waals surface area contributed by atoms with Crippen LogP contribution < -0.4 is 10.6 Å². The monoisotopic (exact) mass is 354 g/mol. The summed E-state index contributed by atoms with van der Waals surface area (Å²) >= 11 is 0. The van der Waals surface area contributed by atoms with E-state index in [1.807, 2.05) is 0 Å². The predicted octanol–water partition coefficient (Wildman–Crippen LogP) is 2.29. The van der Waals surface area contributed by atoms with Crippen molar-refractivity contribution in [2.75, 3.05) is 18.4 Å². The number of aryl methyl sites for hydroxylation is 1. The highest BCUT2D eigenvalue weighted by molar-refractivity contribution is 6.02. The van der Waals surface area contributed by atoms with Crippen LogP contribution in [0, 0.1) is 12.7 Å². The largest absolute Gasteiger partial charge is 0.319 e. The molecule has 2 N–H and O–H groups in total. The first kappa shape index (κ1) is 16.6. The van der Waals surface area contributed by atoms with Crippen molar-refractivity contribution < 1.29 is 9.18 Å². The predicted molar refractivity (Wildman–Crippen MR) is 94.7 cm³/mol. The van der Waals surface area contributed by atoms with Gasteiger partial charge in [0.05, 0.1) is 23.3 Å². The van der Waals surface area contributed by atoms with E-state index in [0.717, 1.165) is 31.6 Å². The number of carbonyl (C=O) groups is 1. The molecule has 1 aliphatic heterocycles. The maximum Gasteiger partial charge on any atom is 0.275 e. The van der Waals surface area contributed by atoms with Gasteiger partial charge < -0.3 is 15.0 Å². The quantitative estimate of drug-likeness (QED) is 0.754. The van der Waals surface area contributed by atoms with Crippen molar-refractivity contribution in [3.8, 4) is 0 Å². The van der Waals surface area contributed by atoms with Crippen molar-refractivity contribution in [3.05, 3.63) is 53.8 Å². The van der Waals surface area contributed by atoms with Crippen LogP contribution in [0.15, 0.2) is 30.9 Å². The van der Waals surface area contributed by atoms with Gasteiger partial charge in [-0.1, -0.05) is 0 Å². The molecule has 1 aliphatic rings. The van der Waals surface area contributed by atoms with Crippen LogP contribution >= 0.6 is 0 Å². The lowest BCUT2D eigenvalue weighted by Gasteiger charge is -2.21. The Morgan fingerprint density at radius 3 is 2.81 bits per heavy atom. The zero-order valence-corrected chi connectivity index (χ0v) is 14.4. The van der Waals surface area contributed by atoms with Crippen molar-refractivity contribution >= 4 is 17.2 Å². The van der Waals surface area contributed by atoms with Crippen LogP contribution in [0.4, 0.5) is 10.1 Å². The molecule has 26 heavy (non-hydrogen) atoms. The average molecular weight is 354 g/mol. The van der Waals surface area contributed by atoms with Crippen molar-refractivity contribution in [3.63, 3.8) is 0 Å². The number of anilines is 1. The summed E-state index contributed by atoms with van der Waals surface area (Å²) in [5, 5.41) is 5.97. The number of nitrogens with zero attached hydrogens (tertiary/aromatic N) is 4. The van der Waals surface area contributed by atoms with Crippen LogP contribution in [-0.4, -0.2) is 38.3 Å².